The van der Waals surface area contributed by atoms with Crippen LogP contribution in [0.15, 0.2) is 18.3 Å². The monoisotopic (exact) mass is 263 g/mol. The molecule has 4 heteroatoms. The predicted octanol–water partition coefficient (Wildman–Crippen LogP) is 2.95. The van der Waals surface area contributed by atoms with Crippen molar-refractivity contribution in [2.45, 2.75) is 39.2 Å². The summed E-state index contributed by atoms with van der Waals surface area (Å²) in [5.41, 5.74) is 6.38. The normalized spacial score (nSPS) is 27.8. The molecule has 1 heterocycles. The first kappa shape index (κ1) is 13.3. The molecule has 0 bridgehead atoms. The van der Waals surface area contributed by atoms with Gasteiger partial charge in [-0.05, 0) is 43.2 Å². The number of thiocarbonyl (C=S) groups is 1. The third-order valence-electron chi connectivity index (χ3n) is 3.58. The molecule has 3 nitrogen and oxygen atoms in total. The molecular formula is C14H21N3S. The fourth-order valence-corrected chi connectivity index (χ4v) is 3.02. The number of rotatable bonds is 3. The Morgan fingerprint density at radius 3 is 2.44 bits per heavy atom. The fourth-order valence-electron chi connectivity index (χ4n) is 2.90. The number of hydrogen-bond acceptors (Lipinski definition) is 3. The van der Waals surface area contributed by atoms with Gasteiger partial charge in [0.15, 0.2) is 0 Å². The van der Waals surface area contributed by atoms with E-state index in [1.165, 1.54) is 19.3 Å². The number of nitrogens with one attached hydrogen (secondary N) is 1. The maximum absolute atomic E-state index is 5.56. The van der Waals surface area contributed by atoms with E-state index in [0.717, 1.165) is 23.2 Å². The van der Waals surface area contributed by atoms with Crippen LogP contribution in [-0.4, -0.2) is 16.0 Å². The van der Waals surface area contributed by atoms with Crippen LogP contribution in [0.3, 0.4) is 0 Å². The van der Waals surface area contributed by atoms with E-state index in [0.29, 0.717) is 11.0 Å². The van der Waals surface area contributed by atoms with Gasteiger partial charge in [-0.3, -0.25) is 0 Å². The highest BCUT2D eigenvalue weighted by molar-refractivity contribution is 7.80. The van der Waals surface area contributed by atoms with Gasteiger partial charge < -0.3 is 11.1 Å². The second-order valence-corrected chi connectivity index (χ2v) is 5.99. The van der Waals surface area contributed by atoms with Gasteiger partial charge >= 0.3 is 0 Å². The summed E-state index contributed by atoms with van der Waals surface area (Å²) >= 11 is 4.91. The van der Waals surface area contributed by atoms with Gasteiger partial charge in [0, 0.05) is 17.8 Å². The minimum absolute atomic E-state index is 0.397. The van der Waals surface area contributed by atoms with Crippen molar-refractivity contribution in [3.8, 4) is 0 Å². The first-order chi connectivity index (χ1) is 8.54. The van der Waals surface area contributed by atoms with Gasteiger partial charge in [-0.2, -0.15) is 0 Å². The maximum Gasteiger partial charge on any atom is 0.126 e. The number of hydrogen-bond donors (Lipinski definition) is 2. The fraction of sp³-hybridized carbons (Fsp3) is 0.571. The molecule has 3 N–H and O–H groups in total. The van der Waals surface area contributed by atoms with Crippen molar-refractivity contribution in [3.05, 3.63) is 23.9 Å². The van der Waals surface area contributed by atoms with Crippen LogP contribution in [0, 0.1) is 11.8 Å². The summed E-state index contributed by atoms with van der Waals surface area (Å²) in [5.74, 6) is 2.51. The Morgan fingerprint density at radius 1 is 1.28 bits per heavy atom. The van der Waals surface area contributed by atoms with Gasteiger partial charge in [-0.15, -0.1) is 0 Å². The number of nitrogens with zero attached hydrogens (tertiary/aromatic N) is 1. The van der Waals surface area contributed by atoms with Crippen LogP contribution in [0.2, 0.25) is 0 Å². The molecule has 0 saturated heterocycles. The van der Waals surface area contributed by atoms with Gasteiger partial charge in [-0.1, -0.05) is 26.1 Å². The Kier molecular flexibility index (Phi) is 4.17. The van der Waals surface area contributed by atoms with Gasteiger partial charge in [-0.25, -0.2) is 4.98 Å². The third-order valence-corrected chi connectivity index (χ3v) is 3.81. The lowest BCUT2D eigenvalue weighted by Crippen LogP contribution is -2.30. The van der Waals surface area contributed by atoms with Crippen molar-refractivity contribution in [1.82, 2.24) is 4.98 Å². The average molecular weight is 263 g/mol. The van der Waals surface area contributed by atoms with E-state index in [9.17, 15) is 0 Å². The van der Waals surface area contributed by atoms with Crippen LogP contribution >= 0.6 is 12.2 Å². The largest absolute Gasteiger partial charge is 0.389 e. The van der Waals surface area contributed by atoms with Crippen molar-refractivity contribution >= 4 is 23.0 Å². The Balaban J connectivity index is 1.98. The number of pyridine rings is 1. The zero-order valence-electron chi connectivity index (χ0n) is 11.0. The molecule has 0 radical (unpaired) electrons. The quantitative estimate of drug-likeness (QED) is 0.823. The van der Waals surface area contributed by atoms with Gasteiger partial charge in [0.25, 0.3) is 0 Å². The number of nitrogens with two attached hydrogens (primary N) is 1. The molecule has 1 fully saturated rings. The SMILES string of the molecule is CC1CC(C)CC(Nc2ccc(C(N)=S)cn2)C1. The molecule has 0 aromatic carbocycles. The number of anilines is 1. The lowest BCUT2D eigenvalue weighted by Gasteiger charge is -2.32. The molecule has 98 valence electrons. The summed E-state index contributed by atoms with van der Waals surface area (Å²) in [7, 11) is 0. The van der Waals surface area contributed by atoms with Crippen LogP contribution in [0.1, 0.15) is 38.7 Å². The molecule has 0 spiro atoms. The Bertz CT molecular complexity index is 406. The molecule has 1 aromatic heterocycles. The van der Waals surface area contributed by atoms with Crippen molar-refractivity contribution in [2.24, 2.45) is 17.6 Å². The van der Waals surface area contributed by atoms with E-state index < -0.39 is 0 Å². The minimum atomic E-state index is 0.397. The standard InChI is InChI=1S/C14H21N3S/c1-9-5-10(2)7-12(6-9)17-13-4-3-11(8-16-13)14(15)18/h3-4,8-10,12H,5-7H2,1-2H3,(H2,15,18)(H,16,17). The summed E-state index contributed by atoms with van der Waals surface area (Å²) in [6.07, 6.45) is 5.53. The molecule has 0 aliphatic heterocycles. The molecule has 2 rings (SSSR count). The smallest absolute Gasteiger partial charge is 0.126 e. The molecule has 18 heavy (non-hydrogen) atoms. The molecule has 1 aromatic rings. The Labute approximate surface area is 114 Å². The minimum Gasteiger partial charge on any atom is -0.389 e. The van der Waals surface area contributed by atoms with Crippen LogP contribution < -0.4 is 11.1 Å². The average Bonchev–Trinajstić information content (AvgIpc) is 2.28. The topological polar surface area (TPSA) is 50.9 Å². The van der Waals surface area contributed by atoms with E-state index in [4.69, 9.17) is 18.0 Å². The Morgan fingerprint density at radius 2 is 1.94 bits per heavy atom. The first-order valence-electron chi connectivity index (χ1n) is 6.57. The summed E-state index contributed by atoms with van der Waals surface area (Å²) in [5, 5.41) is 3.51. The summed E-state index contributed by atoms with van der Waals surface area (Å²) < 4.78 is 0. The van der Waals surface area contributed by atoms with Crippen molar-refractivity contribution < 1.29 is 0 Å². The molecule has 0 amide bonds. The highest BCUT2D eigenvalue weighted by atomic mass is 32.1. The molecule has 2 atom stereocenters. The van der Waals surface area contributed by atoms with Crippen LogP contribution in [0.5, 0.6) is 0 Å². The lowest BCUT2D eigenvalue weighted by molar-refractivity contribution is 0.280. The summed E-state index contributed by atoms with van der Waals surface area (Å²) in [4.78, 5) is 4.76. The van der Waals surface area contributed by atoms with E-state index in [2.05, 4.69) is 24.1 Å². The van der Waals surface area contributed by atoms with E-state index >= 15 is 0 Å². The maximum atomic E-state index is 5.56. The highest BCUT2D eigenvalue weighted by Crippen LogP contribution is 2.30. The molecule has 1 aliphatic carbocycles. The first-order valence-corrected chi connectivity index (χ1v) is 6.98. The van der Waals surface area contributed by atoms with Gasteiger partial charge in [0.2, 0.25) is 0 Å². The zero-order chi connectivity index (χ0) is 13.1. The van der Waals surface area contributed by atoms with E-state index in [1.807, 2.05) is 12.1 Å². The summed E-state index contributed by atoms with van der Waals surface area (Å²) in [6.45, 7) is 4.65. The van der Waals surface area contributed by atoms with Crippen LogP contribution in [0.25, 0.3) is 0 Å². The van der Waals surface area contributed by atoms with Crippen molar-refractivity contribution in [1.29, 1.82) is 0 Å². The zero-order valence-corrected chi connectivity index (χ0v) is 11.8. The highest BCUT2D eigenvalue weighted by Gasteiger charge is 2.23. The van der Waals surface area contributed by atoms with Crippen molar-refractivity contribution in [3.63, 3.8) is 0 Å². The lowest BCUT2D eigenvalue weighted by atomic mass is 9.80. The van der Waals surface area contributed by atoms with E-state index in [-0.39, 0.29) is 0 Å². The summed E-state index contributed by atoms with van der Waals surface area (Å²) in [6, 6.07) is 4.41. The predicted molar refractivity (Wildman–Crippen MR) is 79.7 cm³/mol. The molecular weight excluding hydrogens is 242 g/mol. The second-order valence-electron chi connectivity index (χ2n) is 5.56. The van der Waals surface area contributed by atoms with E-state index in [1.54, 1.807) is 6.20 Å². The second kappa shape index (κ2) is 5.65. The van der Waals surface area contributed by atoms with Crippen molar-refractivity contribution in [2.75, 3.05) is 5.32 Å². The third kappa shape index (κ3) is 3.42. The van der Waals surface area contributed by atoms with Gasteiger partial charge in [0.1, 0.15) is 10.8 Å². The number of aromatic nitrogens is 1. The van der Waals surface area contributed by atoms with Gasteiger partial charge in [0.05, 0.1) is 0 Å². The Hall–Kier alpha value is -1.16. The van der Waals surface area contributed by atoms with Crippen LogP contribution in [0.4, 0.5) is 5.82 Å². The molecule has 1 aliphatic rings. The molecule has 2 unspecified atom stereocenters. The molecule has 1 saturated carbocycles. The van der Waals surface area contributed by atoms with Crippen LogP contribution in [-0.2, 0) is 0 Å².